The third-order valence-corrected chi connectivity index (χ3v) is 2.41. The Bertz CT molecular complexity index is 125. The first kappa shape index (κ1) is 8.72. The molecule has 1 unspecified atom stereocenters. The highest BCUT2D eigenvalue weighted by Crippen LogP contribution is 2.18. The van der Waals surface area contributed by atoms with Crippen molar-refractivity contribution in [3.63, 3.8) is 0 Å². The van der Waals surface area contributed by atoms with Gasteiger partial charge in [-0.05, 0) is 38.8 Å². The summed E-state index contributed by atoms with van der Waals surface area (Å²) < 4.78 is 0. The van der Waals surface area contributed by atoms with Crippen molar-refractivity contribution in [3.05, 3.63) is 0 Å². The van der Waals surface area contributed by atoms with Gasteiger partial charge in [-0.3, -0.25) is 0 Å². The van der Waals surface area contributed by atoms with Crippen LogP contribution in [0, 0.1) is 5.92 Å². The average molecular weight is 155 g/mol. The summed E-state index contributed by atoms with van der Waals surface area (Å²) in [5.41, 5.74) is 0. The number of nitrogens with zero attached hydrogens (tertiary/aromatic N) is 1. The molecule has 1 aliphatic rings. The van der Waals surface area contributed by atoms with E-state index in [2.05, 4.69) is 11.9 Å². The highest BCUT2D eigenvalue weighted by atomic mass is 16.1. The highest BCUT2D eigenvalue weighted by molar-refractivity contribution is 5.49. The number of carbonyl (C=O) groups is 1. The number of carbonyl (C=O) groups excluding carboxylic acids is 1. The zero-order chi connectivity index (χ0) is 8.10. The van der Waals surface area contributed by atoms with E-state index in [-0.39, 0.29) is 0 Å². The molecule has 1 atom stereocenters. The van der Waals surface area contributed by atoms with E-state index in [4.69, 9.17) is 0 Å². The van der Waals surface area contributed by atoms with Crippen LogP contribution in [0.2, 0.25) is 0 Å². The van der Waals surface area contributed by atoms with Crippen LogP contribution >= 0.6 is 0 Å². The zero-order valence-corrected chi connectivity index (χ0v) is 7.25. The molecule has 2 nitrogen and oxygen atoms in total. The van der Waals surface area contributed by atoms with Gasteiger partial charge in [-0.25, -0.2) is 0 Å². The SMILES string of the molecule is CN1CCCC(CCC=O)C1. The van der Waals surface area contributed by atoms with E-state index in [9.17, 15) is 4.79 Å². The van der Waals surface area contributed by atoms with E-state index in [0.29, 0.717) is 0 Å². The number of hydrogen-bond acceptors (Lipinski definition) is 2. The van der Waals surface area contributed by atoms with Gasteiger partial charge in [0.2, 0.25) is 0 Å². The van der Waals surface area contributed by atoms with E-state index in [1.165, 1.54) is 25.9 Å². The lowest BCUT2D eigenvalue weighted by Gasteiger charge is -2.29. The first-order valence-electron chi connectivity index (χ1n) is 4.45. The Morgan fingerprint density at radius 1 is 1.64 bits per heavy atom. The Balaban J connectivity index is 2.17. The molecule has 1 heterocycles. The lowest BCUT2D eigenvalue weighted by molar-refractivity contribution is -0.108. The summed E-state index contributed by atoms with van der Waals surface area (Å²) in [5, 5.41) is 0. The van der Waals surface area contributed by atoms with Crippen molar-refractivity contribution in [2.24, 2.45) is 5.92 Å². The van der Waals surface area contributed by atoms with Gasteiger partial charge in [-0.2, -0.15) is 0 Å². The zero-order valence-electron chi connectivity index (χ0n) is 7.25. The van der Waals surface area contributed by atoms with Crippen molar-refractivity contribution in [3.8, 4) is 0 Å². The number of piperidine rings is 1. The van der Waals surface area contributed by atoms with Crippen LogP contribution in [-0.2, 0) is 4.79 Å². The largest absolute Gasteiger partial charge is 0.306 e. The molecular formula is C9H17NO. The Morgan fingerprint density at radius 3 is 3.09 bits per heavy atom. The lowest BCUT2D eigenvalue weighted by atomic mass is 9.94. The summed E-state index contributed by atoms with van der Waals surface area (Å²) in [6.45, 7) is 2.42. The second kappa shape index (κ2) is 4.50. The van der Waals surface area contributed by atoms with Gasteiger partial charge < -0.3 is 9.69 Å². The molecule has 0 bridgehead atoms. The van der Waals surface area contributed by atoms with Crippen LogP contribution < -0.4 is 0 Å². The molecule has 0 aromatic heterocycles. The predicted molar refractivity (Wildman–Crippen MR) is 45.5 cm³/mol. The van der Waals surface area contributed by atoms with E-state index in [1.54, 1.807) is 0 Å². The molecule has 0 N–H and O–H groups in total. The Hall–Kier alpha value is -0.370. The van der Waals surface area contributed by atoms with Crippen molar-refractivity contribution in [2.45, 2.75) is 25.7 Å². The monoisotopic (exact) mass is 155 g/mol. The summed E-state index contributed by atoms with van der Waals surface area (Å²) in [5.74, 6) is 0.777. The summed E-state index contributed by atoms with van der Waals surface area (Å²) in [6.07, 6.45) is 5.50. The van der Waals surface area contributed by atoms with Crippen LogP contribution in [0.5, 0.6) is 0 Å². The number of aldehydes is 1. The molecule has 2 heteroatoms. The molecule has 0 spiro atoms. The maximum Gasteiger partial charge on any atom is 0.120 e. The van der Waals surface area contributed by atoms with Crippen molar-refractivity contribution >= 4 is 6.29 Å². The standard InChI is InChI=1S/C9H17NO/c1-10-6-2-4-9(8-10)5-3-7-11/h7,9H,2-6,8H2,1H3. The summed E-state index contributed by atoms with van der Waals surface area (Å²) >= 11 is 0. The molecule has 0 radical (unpaired) electrons. The third kappa shape index (κ3) is 3.02. The molecule has 0 amide bonds. The van der Waals surface area contributed by atoms with Gasteiger partial charge in [-0.1, -0.05) is 0 Å². The summed E-state index contributed by atoms with van der Waals surface area (Å²) in [4.78, 5) is 12.5. The minimum absolute atomic E-state index is 0.749. The second-order valence-electron chi connectivity index (χ2n) is 3.51. The Labute approximate surface area is 68.6 Å². The molecule has 1 saturated heterocycles. The van der Waals surface area contributed by atoms with Gasteiger partial charge in [-0.15, -0.1) is 0 Å². The van der Waals surface area contributed by atoms with E-state index < -0.39 is 0 Å². The predicted octanol–water partition coefficient (Wildman–Crippen LogP) is 1.31. The third-order valence-electron chi connectivity index (χ3n) is 2.41. The van der Waals surface area contributed by atoms with E-state index in [0.717, 1.165) is 25.0 Å². The van der Waals surface area contributed by atoms with Crippen LogP contribution in [0.1, 0.15) is 25.7 Å². The topological polar surface area (TPSA) is 20.3 Å². The van der Waals surface area contributed by atoms with Gasteiger partial charge in [0.25, 0.3) is 0 Å². The molecule has 11 heavy (non-hydrogen) atoms. The van der Waals surface area contributed by atoms with Crippen LogP contribution in [0.4, 0.5) is 0 Å². The highest BCUT2D eigenvalue weighted by Gasteiger charge is 2.15. The fraction of sp³-hybridized carbons (Fsp3) is 0.889. The molecule has 1 rings (SSSR count). The molecule has 64 valence electrons. The first-order valence-corrected chi connectivity index (χ1v) is 4.45. The second-order valence-corrected chi connectivity index (χ2v) is 3.51. The molecule has 0 aromatic rings. The van der Waals surface area contributed by atoms with Gasteiger partial charge >= 0.3 is 0 Å². The maximum absolute atomic E-state index is 10.1. The lowest BCUT2D eigenvalue weighted by Crippen LogP contribution is -2.31. The number of hydrogen-bond donors (Lipinski definition) is 0. The normalized spacial score (nSPS) is 26.8. The average Bonchev–Trinajstić information content (AvgIpc) is 2.01. The summed E-state index contributed by atoms with van der Waals surface area (Å²) in [6, 6.07) is 0. The molecule has 1 fully saturated rings. The van der Waals surface area contributed by atoms with Crippen molar-refractivity contribution in [1.29, 1.82) is 0 Å². The smallest absolute Gasteiger partial charge is 0.120 e. The molecular weight excluding hydrogens is 138 g/mol. The molecule has 0 aromatic carbocycles. The number of likely N-dealkylation sites (tertiary alicyclic amines) is 1. The fourth-order valence-electron chi connectivity index (χ4n) is 1.81. The van der Waals surface area contributed by atoms with Gasteiger partial charge in [0.15, 0.2) is 0 Å². The fourth-order valence-corrected chi connectivity index (χ4v) is 1.81. The van der Waals surface area contributed by atoms with Crippen molar-refractivity contribution in [1.82, 2.24) is 4.90 Å². The van der Waals surface area contributed by atoms with Crippen LogP contribution in [0.25, 0.3) is 0 Å². The number of rotatable bonds is 3. The molecule has 0 saturated carbocycles. The van der Waals surface area contributed by atoms with Gasteiger partial charge in [0.05, 0.1) is 0 Å². The van der Waals surface area contributed by atoms with Crippen molar-refractivity contribution in [2.75, 3.05) is 20.1 Å². The van der Waals surface area contributed by atoms with E-state index >= 15 is 0 Å². The quantitative estimate of drug-likeness (QED) is 0.573. The minimum Gasteiger partial charge on any atom is -0.306 e. The Kier molecular flexibility index (Phi) is 3.57. The van der Waals surface area contributed by atoms with Gasteiger partial charge in [0.1, 0.15) is 6.29 Å². The van der Waals surface area contributed by atoms with Crippen molar-refractivity contribution < 1.29 is 4.79 Å². The van der Waals surface area contributed by atoms with Gasteiger partial charge in [0, 0.05) is 13.0 Å². The summed E-state index contributed by atoms with van der Waals surface area (Å²) in [7, 11) is 2.16. The first-order chi connectivity index (χ1) is 5.33. The van der Waals surface area contributed by atoms with Crippen LogP contribution in [0.15, 0.2) is 0 Å². The Morgan fingerprint density at radius 2 is 2.45 bits per heavy atom. The van der Waals surface area contributed by atoms with E-state index in [1.807, 2.05) is 0 Å². The van der Waals surface area contributed by atoms with Crippen LogP contribution in [0.3, 0.4) is 0 Å². The molecule has 0 aliphatic carbocycles. The maximum atomic E-state index is 10.1. The van der Waals surface area contributed by atoms with Crippen LogP contribution in [-0.4, -0.2) is 31.3 Å². The minimum atomic E-state index is 0.749. The molecule has 1 aliphatic heterocycles.